The number of thiophene rings is 1. The summed E-state index contributed by atoms with van der Waals surface area (Å²) in [6.07, 6.45) is 3.34. The Morgan fingerprint density at radius 2 is 1.89 bits per heavy atom. The Kier molecular flexibility index (Phi) is 6.97. The first-order valence-electron chi connectivity index (χ1n) is 11.6. The number of aromatic nitrogens is 2. The summed E-state index contributed by atoms with van der Waals surface area (Å²) < 4.78 is 26.9. The number of hydrogen-bond donors (Lipinski definition) is 3. The molecule has 0 radical (unpaired) electrons. The average Bonchev–Trinajstić information content (AvgIpc) is 3.32. The number of anilines is 2. The maximum atomic E-state index is 15.0. The predicted molar refractivity (Wildman–Crippen MR) is 139 cm³/mol. The Labute approximate surface area is 211 Å². The first-order valence-corrected chi connectivity index (χ1v) is 12.5. The van der Waals surface area contributed by atoms with E-state index in [1.54, 1.807) is 13.3 Å². The number of nitrogens with one attached hydrogen (secondary N) is 3. The van der Waals surface area contributed by atoms with Crippen molar-refractivity contribution in [3.05, 3.63) is 59.4 Å². The molecule has 0 spiro atoms. The van der Waals surface area contributed by atoms with Gasteiger partial charge < -0.3 is 25.4 Å². The van der Waals surface area contributed by atoms with Crippen molar-refractivity contribution in [2.75, 3.05) is 32.6 Å². The molecule has 3 N–H and O–H groups in total. The number of carbonyl (C=O) groups is 1. The summed E-state index contributed by atoms with van der Waals surface area (Å²) in [6, 6.07) is 10.4. The van der Waals surface area contributed by atoms with Crippen molar-refractivity contribution in [3.8, 4) is 22.6 Å². The van der Waals surface area contributed by atoms with Crippen LogP contribution in [-0.2, 0) is 0 Å². The number of para-hydroxylation sites is 1. The highest BCUT2D eigenvalue weighted by Gasteiger charge is 2.21. The zero-order valence-electron chi connectivity index (χ0n) is 19.9. The van der Waals surface area contributed by atoms with Crippen LogP contribution in [0.4, 0.5) is 16.0 Å². The number of benzene rings is 2. The van der Waals surface area contributed by atoms with Gasteiger partial charge in [-0.15, -0.1) is 11.3 Å². The lowest BCUT2D eigenvalue weighted by Gasteiger charge is -2.24. The predicted octanol–water partition coefficient (Wildman–Crippen LogP) is 4.74. The fraction of sp³-hybridized carbons (Fsp3) is 0.269. The number of carbonyl (C=O) groups excluding carboxylic acids is 1. The summed E-state index contributed by atoms with van der Waals surface area (Å²) in [6.45, 7) is 1.65. The van der Waals surface area contributed by atoms with Gasteiger partial charge >= 0.3 is 0 Å². The van der Waals surface area contributed by atoms with Crippen molar-refractivity contribution >= 4 is 39.1 Å². The van der Waals surface area contributed by atoms with E-state index in [4.69, 9.17) is 14.5 Å². The molecule has 0 aliphatic carbocycles. The molecule has 1 amide bonds. The van der Waals surface area contributed by atoms with E-state index in [1.165, 1.54) is 30.6 Å². The standard InChI is InChI=1S/C26H26FN5O3S/c1-34-21-6-4-3-5-16(21)18-14-36-23-13-29-26(32-24(18)23)31-20-12-19(27)17(11-22(20)35-2)25(33)30-15-7-9-28-10-8-15/h3-6,11-15,28H,7-10H2,1-2H3,(H,30,33)(H,29,31,32). The van der Waals surface area contributed by atoms with E-state index < -0.39 is 11.7 Å². The number of halogens is 1. The molecule has 1 saturated heterocycles. The molecule has 4 aromatic rings. The highest BCUT2D eigenvalue weighted by Crippen LogP contribution is 2.38. The fourth-order valence-electron chi connectivity index (χ4n) is 4.29. The third-order valence-electron chi connectivity index (χ3n) is 6.17. The first-order chi connectivity index (χ1) is 17.6. The number of hydrogen-bond acceptors (Lipinski definition) is 8. The van der Waals surface area contributed by atoms with Crippen LogP contribution in [0, 0.1) is 5.82 Å². The molecule has 1 aliphatic rings. The molecule has 1 aliphatic heterocycles. The van der Waals surface area contributed by atoms with Gasteiger partial charge in [0.2, 0.25) is 5.95 Å². The van der Waals surface area contributed by atoms with Crippen molar-refractivity contribution in [3.63, 3.8) is 0 Å². The zero-order valence-corrected chi connectivity index (χ0v) is 20.7. The molecule has 0 bridgehead atoms. The molecule has 0 atom stereocenters. The van der Waals surface area contributed by atoms with E-state index in [2.05, 4.69) is 20.9 Å². The van der Waals surface area contributed by atoms with Gasteiger partial charge in [0.1, 0.15) is 17.3 Å². The molecule has 8 nitrogen and oxygen atoms in total. The van der Waals surface area contributed by atoms with Gasteiger partial charge in [-0.25, -0.2) is 14.4 Å². The van der Waals surface area contributed by atoms with Gasteiger partial charge in [0.05, 0.1) is 41.9 Å². The number of methoxy groups -OCH3 is 2. The lowest BCUT2D eigenvalue weighted by Crippen LogP contribution is -2.42. The third kappa shape index (κ3) is 4.82. The summed E-state index contributed by atoms with van der Waals surface area (Å²) in [5.41, 5.74) is 2.84. The van der Waals surface area contributed by atoms with Crippen molar-refractivity contribution in [2.24, 2.45) is 0 Å². The summed E-state index contributed by atoms with van der Waals surface area (Å²) in [5, 5.41) is 11.2. The quantitative estimate of drug-likeness (QED) is 0.332. The van der Waals surface area contributed by atoms with Gasteiger partial charge in [-0.2, -0.15) is 0 Å². The Morgan fingerprint density at radius 3 is 2.67 bits per heavy atom. The molecule has 5 rings (SSSR count). The van der Waals surface area contributed by atoms with E-state index >= 15 is 4.39 Å². The summed E-state index contributed by atoms with van der Waals surface area (Å²) >= 11 is 1.53. The maximum absolute atomic E-state index is 15.0. The minimum absolute atomic E-state index is 0.0186. The topological polar surface area (TPSA) is 97.4 Å². The SMILES string of the molecule is COc1cc(C(=O)NC2CCNCC2)c(F)cc1Nc1ncc2scc(-c3ccccc3OC)c2n1. The number of ether oxygens (including phenoxy) is 2. The van der Waals surface area contributed by atoms with E-state index in [0.29, 0.717) is 11.4 Å². The molecular formula is C26H26FN5O3S. The van der Waals surface area contributed by atoms with Crippen LogP contribution in [0.2, 0.25) is 0 Å². The normalized spacial score (nSPS) is 14.0. The van der Waals surface area contributed by atoms with E-state index in [9.17, 15) is 4.79 Å². The minimum Gasteiger partial charge on any atom is -0.496 e. The molecular weight excluding hydrogens is 481 g/mol. The van der Waals surface area contributed by atoms with E-state index in [1.807, 2.05) is 29.6 Å². The molecule has 186 valence electrons. The molecule has 3 heterocycles. The second-order valence-corrected chi connectivity index (χ2v) is 9.32. The number of amides is 1. The molecule has 2 aromatic heterocycles. The van der Waals surface area contributed by atoms with Gasteiger partial charge in [-0.3, -0.25) is 4.79 Å². The Balaban J connectivity index is 1.43. The van der Waals surface area contributed by atoms with Crippen LogP contribution in [0.25, 0.3) is 21.3 Å². The third-order valence-corrected chi connectivity index (χ3v) is 7.07. The molecule has 2 aromatic carbocycles. The van der Waals surface area contributed by atoms with Crippen LogP contribution in [0.1, 0.15) is 23.2 Å². The van der Waals surface area contributed by atoms with Crippen LogP contribution < -0.4 is 25.4 Å². The van der Waals surface area contributed by atoms with Crippen molar-refractivity contribution in [2.45, 2.75) is 18.9 Å². The summed E-state index contributed by atoms with van der Waals surface area (Å²) in [4.78, 5) is 21.8. The second kappa shape index (κ2) is 10.5. The molecule has 0 unspecified atom stereocenters. The van der Waals surface area contributed by atoms with Crippen molar-refractivity contribution in [1.29, 1.82) is 0 Å². The Hall–Kier alpha value is -3.76. The summed E-state index contributed by atoms with van der Waals surface area (Å²) in [7, 11) is 3.10. The fourth-order valence-corrected chi connectivity index (χ4v) is 5.15. The van der Waals surface area contributed by atoms with Gasteiger partial charge in [0.25, 0.3) is 5.91 Å². The zero-order chi connectivity index (χ0) is 25.1. The lowest BCUT2D eigenvalue weighted by atomic mass is 10.1. The van der Waals surface area contributed by atoms with Crippen LogP contribution in [0.3, 0.4) is 0 Å². The number of fused-ring (bicyclic) bond motifs is 1. The van der Waals surface area contributed by atoms with Crippen molar-refractivity contribution < 1.29 is 18.7 Å². The first kappa shape index (κ1) is 24.0. The molecule has 0 saturated carbocycles. The molecule has 1 fully saturated rings. The summed E-state index contributed by atoms with van der Waals surface area (Å²) in [5.74, 6) is 0.220. The largest absolute Gasteiger partial charge is 0.496 e. The van der Waals surface area contributed by atoms with Crippen LogP contribution in [0.15, 0.2) is 48.0 Å². The van der Waals surface area contributed by atoms with Gasteiger partial charge in [0.15, 0.2) is 0 Å². The Morgan fingerprint density at radius 1 is 1.11 bits per heavy atom. The van der Waals surface area contributed by atoms with E-state index in [-0.39, 0.29) is 17.6 Å². The maximum Gasteiger partial charge on any atom is 0.254 e. The number of piperidine rings is 1. The second-order valence-electron chi connectivity index (χ2n) is 8.41. The van der Waals surface area contributed by atoms with Gasteiger partial charge in [-0.1, -0.05) is 18.2 Å². The minimum atomic E-state index is -0.656. The number of nitrogens with zero attached hydrogens (tertiary/aromatic N) is 2. The van der Waals surface area contributed by atoms with E-state index in [0.717, 1.165) is 53.0 Å². The highest BCUT2D eigenvalue weighted by atomic mass is 32.1. The molecule has 10 heteroatoms. The number of rotatable bonds is 7. The van der Waals surface area contributed by atoms with Crippen LogP contribution in [-0.4, -0.2) is 49.2 Å². The molecule has 36 heavy (non-hydrogen) atoms. The lowest BCUT2D eigenvalue weighted by molar-refractivity contribution is 0.0925. The highest BCUT2D eigenvalue weighted by molar-refractivity contribution is 7.17. The smallest absolute Gasteiger partial charge is 0.254 e. The average molecular weight is 508 g/mol. The Bertz CT molecular complexity index is 1400. The van der Waals surface area contributed by atoms with Crippen LogP contribution >= 0.6 is 11.3 Å². The van der Waals surface area contributed by atoms with Gasteiger partial charge in [-0.05, 0) is 38.1 Å². The van der Waals surface area contributed by atoms with Crippen LogP contribution in [0.5, 0.6) is 11.5 Å². The van der Waals surface area contributed by atoms with Crippen molar-refractivity contribution in [1.82, 2.24) is 20.6 Å². The monoisotopic (exact) mass is 507 g/mol. The van der Waals surface area contributed by atoms with Gasteiger partial charge in [0, 0.05) is 28.6 Å².